The molecule has 1 unspecified atom stereocenters. The molecule has 1 atom stereocenters. The summed E-state index contributed by atoms with van der Waals surface area (Å²) < 4.78 is 0. The van der Waals surface area contributed by atoms with Gasteiger partial charge in [0, 0.05) is 39.1 Å². The van der Waals surface area contributed by atoms with Crippen LogP contribution in [0.2, 0.25) is 0 Å². The second kappa shape index (κ2) is 6.43. The average molecular weight is 344 g/mol. The maximum absolute atomic E-state index is 11.0. The SMILES string of the molecule is CN(CC1(O)CCN(Cc2ccccc2)C1)c1nnc(C2CC2)s1. The number of rotatable bonds is 6. The highest BCUT2D eigenvalue weighted by molar-refractivity contribution is 7.15. The number of aliphatic hydroxyl groups is 1. The standard InChI is InChI=1S/C18H24N4OS/c1-21(17-20-19-16(24-17)15-7-8-15)12-18(23)9-10-22(13-18)11-14-5-3-2-4-6-14/h2-6,15,23H,7-13H2,1H3. The zero-order valence-corrected chi connectivity index (χ0v) is 14.9. The highest BCUT2D eigenvalue weighted by atomic mass is 32.1. The van der Waals surface area contributed by atoms with Crippen LogP contribution in [0.15, 0.2) is 30.3 Å². The first-order valence-electron chi connectivity index (χ1n) is 8.64. The van der Waals surface area contributed by atoms with Crippen LogP contribution in [0.25, 0.3) is 0 Å². The smallest absolute Gasteiger partial charge is 0.208 e. The number of hydrogen-bond donors (Lipinski definition) is 1. The Kier molecular flexibility index (Phi) is 4.28. The third-order valence-electron chi connectivity index (χ3n) is 4.87. The zero-order valence-electron chi connectivity index (χ0n) is 14.1. The Labute approximate surface area is 146 Å². The zero-order chi connectivity index (χ0) is 16.6. The highest BCUT2D eigenvalue weighted by Gasteiger charge is 2.37. The van der Waals surface area contributed by atoms with Crippen molar-refractivity contribution in [1.82, 2.24) is 15.1 Å². The Bertz CT molecular complexity index is 687. The molecule has 1 aromatic carbocycles. The molecule has 6 heteroatoms. The van der Waals surface area contributed by atoms with Gasteiger partial charge in [-0.1, -0.05) is 41.7 Å². The summed E-state index contributed by atoms with van der Waals surface area (Å²) in [6.45, 7) is 3.15. The normalized spacial score (nSPS) is 24.4. The van der Waals surface area contributed by atoms with Crippen molar-refractivity contribution in [2.75, 3.05) is 31.6 Å². The molecule has 24 heavy (non-hydrogen) atoms. The molecule has 1 aliphatic carbocycles. The van der Waals surface area contributed by atoms with E-state index in [0.29, 0.717) is 19.0 Å². The minimum absolute atomic E-state index is 0.609. The van der Waals surface area contributed by atoms with E-state index in [2.05, 4.69) is 44.3 Å². The van der Waals surface area contributed by atoms with E-state index in [-0.39, 0.29) is 0 Å². The third-order valence-corrected chi connectivity index (χ3v) is 6.07. The fourth-order valence-electron chi connectivity index (χ4n) is 3.43. The number of benzene rings is 1. The van der Waals surface area contributed by atoms with Gasteiger partial charge in [-0.25, -0.2) is 0 Å². The van der Waals surface area contributed by atoms with Crippen LogP contribution in [-0.2, 0) is 6.54 Å². The van der Waals surface area contributed by atoms with E-state index in [1.807, 2.05) is 13.1 Å². The summed E-state index contributed by atoms with van der Waals surface area (Å²) in [4.78, 5) is 4.40. The van der Waals surface area contributed by atoms with E-state index in [1.54, 1.807) is 11.3 Å². The number of aromatic nitrogens is 2. The first kappa shape index (κ1) is 16.0. The number of anilines is 1. The predicted molar refractivity (Wildman–Crippen MR) is 96.4 cm³/mol. The molecule has 2 fully saturated rings. The maximum Gasteiger partial charge on any atom is 0.208 e. The van der Waals surface area contributed by atoms with Gasteiger partial charge in [-0.3, -0.25) is 4.90 Å². The van der Waals surface area contributed by atoms with E-state index >= 15 is 0 Å². The van der Waals surface area contributed by atoms with Crippen molar-refractivity contribution < 1.29 is 5.11 Å². The molecular formula is C18H24N4OS. The number of likely N-dealkylation sites (N-methyl/N-ethyl adjacent to an activating group) is 1. The van der Waals surface area contributed by atoms with Gasteiger partial charge in [0.1, 0.15) is 5.01 Å². The molecule has 0 bridgehead atoms. The van der Waals surface area contributed by atoms with Gasteiger partial charge in [0.15, 0.2) is 0 Å². The summed E-state index contributed by atoms with van der Waals surface area (Å²) in [6.07, 6.45) is 3.30. The molecule has 0 spiro atoms. The first-order valence-corrected chi connectivity index (χ1v) is 9.46. The summed E-state index contributed by atoms with van der Waals surface area (Å²) in [5.41, 5.74) is 0.628. The van der Waals surface area contributed by atoms with Crippen molar-refractivity contribution in [3.05, 3.63) is 40.9 Å². The van der Waals surface area contributed by atoms with Crippen molar-refractivity contribution in [2.45, 2.75) is 37.3 Å². The third kappa shape index (κ3) is 3.61. The second-order valence-electron chi connectivity index (χ2n) is 7.22. The van der Waals surface area contributed by atoms with Crippen molar-refractivity contribution in [1.29, 1.82) is 0 Å². The fourth-order valence-corrected chi connectivity index (χ4v) is 4.40. The van der Waals surface area contributed by atoms with E-state index in [1.165, 1.54) is 18.4 Å². The van der Waals surface area contributed by atoms with Crippen LogP contribution in [-0.4, -0.2) is 52.5 Å². The number of likely N-dealkylation sites (tertiary alicyclic amines) is 1. The van der Waals surface area contributed by atoms with Crippen molar-refractivity contribution in [3.63, 3.8) is 0 Å². The molecule has 1 aromatic heterocycles. The second-order valence-corrected chi connectivity index (χ2v) is 8.21. The van der Waals surface area contributed by atoms with Crippen molar-refractivity contribution in [2.24, 2.45) is 0 Å². The van der Waals surface area contributed by atoms with Gasteiger partial charge in [-0.2, -0.15) is 0 Å². The Morgan fingerprint density at radius 2 is 2.08 bits per heavy atom. The predicted octanol–water partition coefficient (Wildman–Crippen LogP) is 2.49. The molecule has 2 aliphatic rings. The topological polar surface area (TPSA) is 52.5 Å². The molecule has 4 rings (SSSR count). The number of nitrogens with zero attached hydrogens (tertiary/aromatic N) is 4. The molecule has 1 saturated heterocycles. The van der Waals surface area contributed by atoms with E-state index < -0.39 is 5.60 Å². The lowest BCUT2D eigenvalue weighted by Crippen LogP contribution is -2.43. The van der Waals surface area contributed by atoms with Crippen molar-refractivity contribution >= 4 is 16.5 Å². The fraction of sp³-hybridized carbons (Fsp3) is 0.556. The van der Waals surface area contributed by atoms with E-state index in [4.69, 9.17) is 0 Å². The minimum atomic E-state index is -0.672. The highest BCUT2D eigenvalue weighted by Crippen LogP contribution is 2.42. The quantitative estimate of drug-likeness (QED) is 0.872. The van der Waals surface area contributed by atoms with Crippen LogP contribution in [0.1, 0.15) is 35.8 Å². The van der Waals surface area contributed by atoms with E-state index in [0.717, 1.165) is 29.6 Å². The van der Waals surface area contributed by atoms with Crippen molar-refractivity contribution in [3.8, 4) is 0 Å². The summed E-state index contributed by atoms with van der Waals surface area (Å²) in [6, 6.07) is 10.5. The molecule has 0 radical (unpaired) electrons. The van der Waals surface area contributed by atoms with Gasteiger partial charge in [0.05, 0.1) is 5.60 Å². The molecule has 0 amide bonds. The lowest BCUT2D eigenvalue weighted by atomic mass is 10.0. The lowest BCUT2D eigenvalue weighted by Gasteiger charge is -2.28. The average Bonchev–Trinajstić information content (AvgIpc) is 3.18. The molecule has 128 valence electrons. The molecule has 1 saturated carbocycles. The molecule has 5 nitrogen and oxygen atoms in total. The van der Waals surface area contributed by atoms with Gasteiger partial charge in [-0.05, 0) is 24.8 Å². The Morgan fingerprint density at radius 1 is 1.29 bits per heavy atom. The molecule has 2 heterocycles. The molecular weight excluding hydrogens is 320 g/mol. The molecule has 1 aliphatic heterocycles. The Morgan fingerprint density at radius 3 is 2.83 bits per heavy atom. The van der Waals surface area contributed by atoms with Gasteiger partial charge >= 0.3 is 0 Å². The van der Waals surface area contributed by atoms with Crippen LogP contribution in [0.3, 0.4) is 0 Å². The number of hydrogen-bond acceptors (Lipinski definition) is 6. The Hall–Kier alpha value is -1.50. The van der Waals surface area contributed by atoms with Gasteiger partial charge < -0.3 is 10.0 Å². The van der Waals surface area contributed by atoms with Crippen LogP contribution in [0.4, 0.5) is 5.13 Å². The first-order chi connectivity index (χ1) is 11.6. The van der Waals surface area contributed by atoms with Gasteiger partial charge in [0.2, 0.25) is 5.13 Å². The van der Waals surface area contributed by atoms with Gasteiger partial charge in [0.25, 0.3) is 0 Å². The largest absolute Gasteiger partial charge is 0.387 e. The monoisotopic (exact) mass is 344 g/mol. The van der Waals surface area contributed by atoms with Crippen LogP contribution in [0.5, 0.6) is 0 Å². The molecule has 2 aromatic rings. The summed E-state index contributed by atoms with van der Waals surface area (Å²) in [5, 5.41) is 21.7. The minimum Gasteiger partial charge on any atom is -0.387 e. The van der Waals surface area contributed by atoms with Gasteiger partial charge in [-0.15, -0.1) is 10.2 Å². The summed E-state index contributed by atoms with van der Waals surface area (Å²) in [7, 11) is 2.01. The summed E-state index contributed by atoms with van der Waals surface area (Å²) in [5.74, 6) is 0.639. The van der Waals surface area contributed by atoms with E-state index in [9.17, 15) is 5.11 Å². The lowest BCUT2D eigenvalue weighted by molar-refractivity contribution is 0.0562. The Balaban J connectivity index is 1.35. The van der Waals surface area contributed by atoms with Crippen LogP contribution < -0.4 is 4.90 Å². The van der Waals surface area contributed by atoms with Crippen LogP contribution in [0, 0.1) is 0 Å². The number of β-amino-alcohol motifs (C(OH)–C–C–N with tert-alkyl or cyclic N) is 1. The summed E-state index contributed by atoms with van der Waals surface area (Å²) >= 11 is 1.68. The van der Waals surface area contributed by atoms with Crippen LogP contribution >= 0.6 is 11.3 Å². The maximum atomic E-state index is 11.0. The molecule has 1 N–H and O–H groups in total.